The van der Waals surface area contributed by atoms with Crippen LogP contribution in [0.15, 0.2) is 36.5 Å². The van der Waals surface area contributed by atoms with E-state index in [1.807, 2.05) is 24.3 Å². The number of nitrogens with zero attached hydrogens (tertiary/aromatic N) is 3. The Bertz CT molecular complexity index is 745. The van der Waals surface area contributed by atoms with Crippen molar-refractivity contribution in [2.75, 3.05) is 0 Å². The van der Waals surface area contributed by atoms with E-state index < -0.39 is 0 Å². The summed E-state index contributed by atoms with van der Waals surface area (Å²) in [6.45, 7) is 0. The van der Waals surface area contributed by atoms with Gasteiger partial charge < -0.3 is 4.90 Å². The van der Waals surface area contributed by atoms with Crippen LogP contribution in [0.3, 0.4) is 0 Å². The summed E-state index contributed by atoms with van der Waals surface area (Å²) >= 11 is 0. The number of para-hydroxylation sites is 2. The first-order valence-electron chi connectivity index (χ1n) is 8.53. The minimum Gasteiger partial charge on any atom is -0.333 e. The maximum atomic E-state index is 12.6. The number of carbonyl (C=O) groups is 1. The van der Waals surface area contributed by atoms with Crippen LogP contribution in [-0.4, -0.2) is 32.9 Å². The van der Waals surface area contributed by atoms with Crippen LogP contribution in [0.25, 0.3) is 17.1 Å². The van der Waals surface area contributed by atoms with Gasteiger partial charge in [0.05, 0.1) is 22.9 Å². The minimum atomic E-state index is 0.134. The molecule has 23 heavy (non-hydrogen) atoms. The van der Waals surface area contributed by atoms with Gasteiger partial charge in [-0.1, -0.05) is 25.0 Å². The van der Waals surface area contributed by atoms with E-state index in [4.69, 9.17) is 0 Å². The molecule has 2 saturated carbocycles. The lowest BCUT2D eigenvalue weighted by Gasteiger charge is -2.27. The number of hydrogen-bond donors (Lipinski definition) is 0. The minimum absolute atomic E-state index is 0.134. The average molecular weight is 307 g/mol. The number of benzene rings is 1. The van der Waals surface area contributed by atoms with Crippen LogP contribution in [0.1, 0.15) is 44.2 Å². The van der Waals surface area contributed by atoms with E-state index in [1.54, 1.807) is 18.3 Å². The van der Waals surface area contributed by atoms with Crippen molar-refractivity contribution in [3.05, 3.63) is 42.2 Å². The van der Waals surface area contributed by atoms with Crippen LogP contribution >= 0.6 is 0 Å². The first kappa shape index (κ1) is 14.4. The highest BCUT2D eigenvalue weighted by molar-refractivity contribution is 5.92. The maximum Gasteiger partial charge on any atom is 0.247 e. The van der Waals surface area contributed by atoms with Gasteiger partial charge in [-0.15, -0.1) is 0 Å². The molecule has 118 valence electrons. The van der Waals surface area contributed by atoms with Gasteiger partial charge in [-0.3, -0.25) is 9.78 Å². The Morgan fingerprint density at radius 3 is 2.48 bits per heavy atom. The Morgan fingerprint density at radius 2 is 1.74 bits per heavy atom. The lowest BCUT2D eigenvalue weighted by molar-refractivity contribution is -0.128. The SMILES string of the molecule is O=C(/C=C/c1cnc2ccccc2n1)N(C1CCCC1)C1CC1. The third-order valence-electron chi connectivity index (χ3n) is 4.78. The molecule has 0 saturated heterocycles. The zero-order valence-electron chi connectivity index (χ0n) is 13.2. The highest BCUT2D eigenvalue weighted by Gasteiger charge is 2.37. The van der Waals surface area contributed by atoms with Gasteiger partial charge in [-0.25, -0.2) is 4.98 Å². The van der Waals surface area contributed by atoms with Crippen molar-refractivity contribution in [1.29, 1.82) is 0 Å². The van der Waals surface area contributed by atoms with Gasteiger partial charge in [0.2, 0.25) is 5.91 Å². The van der Waals surface area contributed by atoms with Crippen molar-refractivity contribution in [2.45, 2.75) is 50.6 Å². The molecule has 4 nitrogen and oxygen atoms in total. The number of hydrogen-bond acceptors (Lipinski definition) is 3. The predicted molar refractivity (Wildman–Crippen MR) is 90.7 cm³/mol. The number of carbonyl (C=O) groups excluding carboxylic acids is 1. The number of amides is 1. The van der Waals surface area contributed by atoms with Crippen molar-refractivity contribution in [2.24, 2.45) is 0 Å². The fraction of sp³-hybridized carbons (Fsp3) is 0.421. The quantitative estimate of drug-likeness (QED) is 0.811. The number of rotatable bonds is 4. The summed E-state index contributed by atoms with van der Waals surface area (Å²) in [6.07, 6.45) is 12.3. The van der Waals surface area contributed by atoms with Crippen molar-refractivity contribution in [1.82, 2.24) is 14.9 Å². The van der Waals surface area contributed by atoms with Crippen LogP contribution in [0.4, 0.5) is 0 Å². The largest absolute Gasteiger partial charge is 0.333 e. The molecule has 0 bridgehead atoms. The topological polar surface area (TPSA) is 46.1 Å². The summed E-state index contributed by atoms with van der Waals surface area (Å²) in [5, 5.41) is 0. The van der Waals surface area contributed by atoms with E-state index in [9.17, 15) is 4.79 Å². The lowest BCUT2D eigenvalue weighted by Crippen LogP contribution is -2.39. The summed E-state index contributed by atoms with van der Waals surface area (Å²) in [5.74, 6) is 0.134. The van der Waals surface area contributed by atoms with Gasteiger partial charge >= 0.3 is 0 Å². The van der Waals surface area contributed by atoms with Crippen LogP contribution < -0.4 is 0 Å². The molecule has 2 aliphatic carbocycles. The second-order valence-electron chi connectivity index (χ2n) is 6.53. The molecule has 0 radical (unpaired) electrons. The Labute approximate surface area is 136 Å². The van der Waals surface area contributed by atoms with Gasteiger partial charge in [0.15, 0.2) is 0 Å². The van der Waals surface area contributed by atoms with Crippen molar-refractivity contribution < 1.29 is 4.79 Å². The van der Waals surface area contributed by atoms with Crippen molar-refractivity contribution >= 4 is 23.0 Å². The van der Waals surface area contributed by atoms with Gasteiger partial charge in [0, 0.05) is 18.2 Å². The van der Waals surface area contributed by atoms with E-state index >= 15 is 0 Å². The summed E-state index contributed by atoms with van der Waals surface area (Å²) in [4.78, 5) is 23.7. The van der Waals surface area contributed by atoms with E-state index in [0.717, 1.165) is 42.4 Å². The van der Waals surface area contributed by atoms with E-state index in [-0.39, 0.29) is 5.91 Å². The van der Waals surface area contributed by atoms with Crippen molar-refractivity contribution in [3.63, 3.8) is 0 Å². The Hall–Kier alpha value is -2.23. The molecule has 4 rings (SSSR count). The van der Waals surface area contributed by atoms with E-state index in [0.29, 0.717) is 12.1 Å². The predicted octanol–water partition coefficient (Wildman–Crippen LogP) is 3.58. The van der Waals surface area contributed by atoms with Crippen LogP contribution in [0.2, 0.25) is 0 Å². The highest BCUT2D eigenvalue weighted by atomic mass is 16.2. The van der Waals surface area contributed by atoms with Gasteiger partial charge in [-0.2, -0.15) is 0 Å². The molecule has 1 aromatic carbocycles. The zero-order valence-corrected chi connectivity index (χ0v) is 13.2. The molecule has 2 fully saturated rings. The number of fused-ring (bicyclic) bond motifs is 1. The maximum absolute atomic E-state index is 12.6. The highest BCUT2D eigenvalue weighted by Crippen LogP contribution is 2.34. The Balaban J connectivity index is 1.52. The van der Waals surface area contributed by atoms with Gasteiger partial charge in [0.1, 0.15) is 0 Å². The third kappa shape index (κ3) is 3.11. The van der Waals surface area contributed by atoms with Gasteiger partial charge in [0.25, 0.3) is 0 Å². The Morgan fingerprint density at radius 1 is 1.04 bits per heavy atom. The molecule has 2 aromatic rings. The summed E-state index contributed by atoms with van der Waals surface area (Å²) < 4.78 is 0. The summed E-state index contributed by atoms with van der Waals surface area (Å²) in [7, 11) is 0. The molecular formula is C19H21N3O. The second-order valence-corrected chi connectivity index (χ2v) is 6.53. The molecular weight excluding hydrogens is 286 g/mol. The number of aromatic nitrogens is 2. The lowest BCUT2D eigenvalue weighted by atomic mass is 10.2. The molecule has 0 aliphatic heterocycles. The second kappa shape index (κ2) is 6.11. The molecule has 1 aromatic heterocycles. The monoisotopic (exact) mass is 307 g/mol. The molecule has 2 aliphatic rings. The molecule has 1 heterocycles. The van der Waals surface area contributed by atoms with E-state index in [2.05, 4.69) is 14.9 Å². The summed E-state index contributed by atoms with van der Waals surface area (Å²) in [5.41, 5.74) is 2.47. The Kier molecular flexibility index (Phi) is 3.82. The van der Waals surface area contributed by atoms with Crippen LogP contribution in [0, 0.1) is 0 Å². The third-order valence-corrected chi connectivity index (χ3v) is 4.78. The van der Waals surface area contributed by atoms with Gasteiger partial charge in [-0.05, 0) is 43.9 Å². The smallest absolute Gasteiger partial charge is 0.247 e. The molecule has 1 amide bonds. The molecule has 0 unspecified atom stereocenters. The fourth-order valence-electron chi connectivity index (χ4n) is 3.49. The fourth-order valence-corrected chi connectivity index (χ4v) is 3.49. The zero-order chi connectivity index (χ0) is 15.6. The first-order valence-corrected chi connectivity index (χ1v) is 8.53. The normalized spacial score (nSPS) is 18.8. The molecule has 0 atom stereocenters. The van der Waals surface area contributed by atoms with Crippen LogP contribution in [-0.2, 0) is 4.79 Å². The first-order chi connectivity index (χ1) is 11.3. The molecule has 4 heteroatoms. The molecule has 0 spiro atoms. The van der Waals surface area contributed by atoms with Crippen LogP contribution in [0.5, 0.6) is 0 Å². The van der Waals surface area contributed by atoms with E-state index in [1.165, 1.54) is 12.8 Å². The molecule has 0 N–H and O–H groups in total. The standard InChI is InChI=1S/C19H21N3O/c23-19(22(16-10-11-16)15-5-1-2-6-15)12-9-14-13-20-17-7-3-4-8-18(17)21-14/h3-4,7-9,12-13,15-16H,1-2,5-6,10-11H2/b12-9+. The van der Waals surface area contributed by atoms with Crippen molar-refractivity contribution in [3.8, 4) is 0 Å². The average Bonchev–Trinajstić information content (AvgIpc) is 3.27. The summed E-state index contributed by atoms with van der Waals surface area (Å²) in [6, 6.07) is 8.70.